The lowest BCUT2D eigenvalue weighted by atomic mass is 10.1. The summed E-state index contributed by atoms with van der Waals surface area (Å²) in [6.07, 6.45) is 1.75. The first-order valence-electron chi connectivity index (χ1n) is 8.16. The Balaban J connectivity index is 1.78. The molecule has 0 saturated heterocycles. The highest BCUT2D eigenvalue weighted by Crippen LogP contribution is 2.25. The van der Waals surface area contributed by atoms with Gasteiger partial charge in [0.05, 0.1) is 25.6 Å². The van der Waals surface area contributed by atoms with E-state index in [-0.39, 0.29) is 6.61 Å². The van der Waals surface area contributed by atoms with E-state index in [0.717, 1.165) is 22.4 Å². The zero-order chi connectivity index (χ0) is 17.6. The van der Waals surface area contributed by atoms with Crippen LogP contribution in [-0.4, -0.2) is 21.8 Å². The molecule has 25 heavy (non-hydrogen) atoms. The summed E-state index contributed by atoms with van der Waals surface area (Å²) in [7, 11) is 1.67. The number of methoxy groups -OCH3 is 1. The number of aryl methyl sites for hydroxylation is 1. The smallest absolute Gasteiger partial charge is 0.168 e. The van der Waals surface area contributed by atoms with Crippen molar-refractivity contribution in [2.75, 3.05) is 7.11 Å². The van der Waals surface area contributed by atoms with Gasteiger partial charge >= 0.3 is 0 Å². The molecule has 4 nitrogen and oxygen atoms in total. The van der Waals surface area contributed by atoms with E-state index in [4.69, 9.17) is 4.74 Å². The van der Waals surface area contributed by atoms with E-state index < -0.39 is 0 Å². The number of aromatic nitrogens is 2. The molecule has 1 N–H and O–H groups in total. The monoisotopic (exact) mass is 354 g/mol. The van der Waals surface area contributed by atoms with Gasteiger partial charge in [-0.15, -0.1) is 0 Å². The second-order valence-electron chi connectivity index (χ2n) is 5.91. The van der Waals surface area contributed by atoms with Crippen molar-refractivity contribution in [2.45, 2.75) is 31.0 Å². The van der Waals surface area contributed by atoms with Gasteiger partial charge in [-0.05, 0) is 30.2 Å². The molecule has 0 fully saturated rings. The van der Waals surface area contributed by atoms with Crippen molar-refractivity contribution >= 4 is 11.8 Å². The van der Waals surface area contributed by atoms with Crippen LogP contribution in [0.15, 0.2) is 59.9 Å². The van der Waals surface area contributed by atoms with E-state index in [2.05, 4.69) is 46.8 Å². The van der Waals surface area contributed by atoms with Crippen LogP contribution in [0.1, 0.15) is 22.4 Å². The minimum atomic E-state index is -0.0153. The maximum atomic E-state index is 9.63. The minimum Gasteiger partial charge on any atom is -0.497 e. The van der Waals surface area contributed by atoms with Crippen LogP contribution in [-0.2, 0) is 18.9 Å². The van der Waals surface area contributed by atoms with Gasteiger partial charge in [0.2, 0.25) is 0 Å². The Morgan fingerprint density at radius 3 is 2.68 bits per heavy atom. The number of hydrogen-bond acceptors (Lipinski definition) is 4. The molecule has 1 aromatic heterocycles. The standard InChI is InChI=1S/C20H22N2O2S/c1-15-5-3-6-16(9-15)12-22-18(13-23)11-21-20(22)25-14-17-7-4-8-19(10-17)24-2/h3-11,23H,12-14H2,1-2H3. The van der Waals surface area contributed by atoms with Crippen molar-refractivity contribution in [3.8, 4) is 5.75 Å². The van der Waals surface area contributed by atoms with Crippen LogP contribution in [0.5, 0.6) is 5.75 Å². The molecule has 5 heteroatoms. The Morgan fingerprint density at radius 2 is 1.92 bits per heavy atom. The average Bonchev–Trinajstić information content (AvgIpc) is 3.02. The first-order chi connectivity index (χ1) is 12.2. The number of imidazole rings is 1. The van der Waals surface area contributed by atoms with Gasteiger partial charge < -0.3 is 14.4 Å². The van der Waals surface area contributed by atoms with Gasteiger partial charge in [0.15, 0.2) is 5.16 Å². The lowest BCUT2D eigenvalue weighted by Gasteiger charge is -2.11. The van der Waals surface area contributed by atoms with Crippen LogP contribution in [0.25, 0.3) is 0 Å². The summed E-state index contributed by atoms with van der Waals surface area (Å²) in [5.74, 6) is 1.66. The maximum Gasteiger partial charge on any atom is 0.168 e. The molecule has 1 heterocycles. The Morgan fingerprint density at radius 1 is 1.12 bits per heavy atom. The number of benzene rings is 2. The van der Waals surface area contributed by atoms with E-state index in [1.54, 1.807) is 25.1 Å². The number of aliphatic hydroxyl groups excluding tert-OH is 1. The lowest BCUT2D eigenvalue weighted by molar-refractivity contribution is 0.270. The molecular weight excluding hydrogens is 332 g/mol. The molecule has 0 amide bonds. The summed E-state index contributed by atoms with van der Waals surface area (Å²) in [6.45, 7) is 2.78. The molecule has 0 atom stereocenters. The molecule has 0 radical (unpaired) electrons. The fraction of sp³-hybridized carbons (Fsp3) is 0.250. The third-order valence-electron chi connectivity index (χ3n) is 3.99. The number of hydrogen-bond donors (Lipinski definition) is 1. The highest BCUT2D eigenvalue weighted by molar-refractivity contribution is 7.98. The van der Waals surface area contributed by atoms with Crippen LogP contribution >= 0.6 is 11.8 Å². The average molecular weight is 354 g/mol. The highest BCUT2D eigenvalue weighted by atomic mass is 32.2. The van der Waals surface area contributed by atoms with Crippen molar-refractivity contribution in [3.05, 3.63) is 77.1 Å². The predicted molar refractivity (Wildman–Crippen MR) is 101 cm³/mol. The van der Waals surface area contributed by atoms with Gasteiger partial charge in [-0.25, -0.2) is 4.98 Å². The van der Waals surface area contributed by atoms with Crippen LogP contribution in [0.3, 0.4) is 0 Å². The predicted octanol–water partition coefficient (Wildman–Crippen LogP) is 4.03. The van der Waals surface area contributed by atoms with E-state index in [0.29, 0.717) is 6.54 Å². The van der Waals surface area contributed by atoms with E-state index in [1.807, 2.05) is 18.2 Å². The summed E-state index contributed by atoms with van der Waals surface area (Å²) >= 11 is 1.66. The van der Waals surface area contributed by atoms with Crippen molar-refractivity contribution < 1.29 is 9.84 Å². The fourth-order valence-electron chi connectivity index (χ4n) is 2.71. The Bertz CT molecular complexity index is 845. The fourth-order valence-corrected chi connectivity index (χ4v) is 3.65. The molecule has 0 unspecified atom stereocenters. The van der Waals surface area contributed by atoms with Crippen molar-refractivity contribution in [2.24, 2.45) is 0 Å². The van der Waals surface area contributed by atoms with Crippen LogP contribution in [0, 0.1) is 6.92 Å². The van der Waals surface area contributed by atoms with Gasteiger partial charge in [0.1, 0.15) is 5.75 Å². The largest absolute Gasteiger partial charge is 0.497 e. The summed E-state index contributed by atoms with van der Waals surface area (Å²) in [5.41, 5.74) is 4.44. The van der Waals surface area contributed by atoms with E-state index >= 15 is 0 Å². The highest BCUT2D eigenvalue weighted by Gasteiger charge is 2.11. The Kier molecular flexibility index (Phi) is 5.79. The normalized spacial score (nSPS) is 10.8. The molecule has 0 aliphatic heterocycles. The number of ether oxygens (including phenoxy) is 1. The first kappa shape index (κ1) is 17.6. The quantitative estimate of drug-likeness (QED) is 0.651. The van der Waals surface area contributed by atoms with Crippen molar-refractivity contribution in [3.63, 3.8) is 0 Å². The van der Waals surface area contributed by atoms with Gasteiger partial charge in [-0.2, -0.15) is 0 Å². The Labute approximate surface area is 152 Å². The zero-order valence-corrected chi connectivity index (χ0v) is 15.3. The number of rotatable bonds is 7. The third kappa shape index (κ3) is 4.44. The zero-order valence-electron chi connectivity index (χ0n) is 14.5. The van der Waals surface area contributed by atoms with Crippen LogP contribution < -0.4 is 4.74 Å². The molecule has 0 spiro atoms. The lowest BCUT2D eigenvalue weighted by Crippen LogP contribution is -2.06. The number of aliphatic hydroxyl groups is 1. The SMILES string of the molecule is COc1cccc(CSc2ncc(CO)n2Cc2cccc(C)c2)c1. The van der Waals surface area contributed by atoms with Crippen molar-refractivity contribution in [1.29, 1.82) is 0 Å². The molecule has 3 rings (SSSR count). The molecule has 0 aliphatic rings. The molecular formula is C20H22N2O2S. The second kappa shape index (κ2) is 8.23. The third-order valence-corrected chi connectivity index (χ3v) is 5.05. The summed E-state index contributed by atoms with van der Waals surface area (Å²) in [5, 5.41) is 10.5. The van der Waals surface area contributed by atoms with E-state index in [1.165, 1.54) is 16.7 Å². The van der Waals surface area contributed by atoms with Crippen LogP contribution in [0.2, 0.25) is 0 Å². The van der Waals surface area contributed by atoms with E-state index in [9.17, 15) is 5.11 Å². The van der Waals surface area contributed by atoms with Gasteiger partial charge in [0.25, 0.3) is 0 Å². The first-order valence-corrected chi connectivity index (χ1v) is 9.14. The summed E-state index contributed by atoms with van der Waals surface area (Å²) < 4.78 is 7.36. The maximum absolute atomic E-state index is 9.63. The molecule has 2 aromatic carbocycles. The molecule has 0 bridgehead atoms. The summed E-state index contributed by atoms with van der Waals surface area (Å²) in [4.78, 5) is 4.50. The van der Waals surface area contributed by atoms with Gasteiger partial charge in [-0.3, -0.25) is 0 Å². The molecule has 0 aliphatic carbocycles. The number of nitrogens with zero attached hydrogens (tertiary/aromatic N) is 2. The van der Waals surface area contributed by atoms with Crippen LogP contribution in [0.4, 0.5) is 0 Å². The molecule has 3 aromatic rings. The number of thioether (sulfide) groups is 1. The Hall–Kier alpha value is -2.24. The molecule has 130 valence electrons. The second-order valence-corrected chi connectivity index (χ2v) is 6.85. The van der Waals surface area contributed by atoms with Crippen molar-refractivity contribution in [1.82, 2.24) is 9.55 Å². The minimum absolute atomic E-state index is 0.0153. The van der Waals surface area contributed by atoms with Gasteiger partial charge in [0, 0.05) is 12.3 Å². The molecule has 0 saturated carbocycles. The topological polar surface area (TPSA) is 47.3 Å². The summed E-state index contributed by atoms with van der Waals surface area (Å²) in [6, 6.07) is 16.5. The van der Waals surface area contributed by atoms with Gasteiger partial charge in [-0.1, -0.05) is 53.7 Å².